The van der Waals surface area contributed by atoms with Crippen LogP contribution in [0.1, 0.15) is 46.5 Å². The first kappa shape index (κ1) is 12.7. The van der Waals surface area contributed by atoms with Gasteiger partial charge in [0.1, 0.15) is 6.10 Å². The van der Waals surface area contributed by atoms with Crippen LogP contribution in [0.25, 0.3) is 0 Å². The zero-order valence-corrected chi connectivity index (χ0v) is 11.3. The molecule has 0 amide bonds. The van der Waals surface area contributed by atoms with Gasteiger partial charge in [0.05, 0.1) is 18.0 Å². The molecule has 2 nitrogen and oxygen atoms in total. The van der Waals surface area contributed by atoms with E-state index in [9.17, 15) is 0 Å². The molecule has 2 heterocycles. The zero-order chi connectivity index (χ0) is 12.6. The van der Waals surface area contributed by atoms with Gasteiger partial charge in [-0.05, 0) is 30.3 Å². The molecular formula is C15H24O2. The van der Waals surface area contributed by atoms with E-state index < -0.39 is 0 Å². The first-order valence-electron chi connectivity index (χ1n) is 6.55. The molecule has 0 aromatic rings. The molecule has 2 aliphatic rings. The van der Waals surface area contributed by atoms with Crippen molar-refractivity contribution in [1.82, 2.24) is 0 Å². The zero-order valence-electron chi connectivity index (χ0n) is 11.3. The SMILES string of the molecule is C=C1CCC2O[C@@H](CCC(C)(C)C)C(=C)C2O1. The third kappa shape index (κ3) is 2.92. The van der Waals surface area contributed by atoms with Crippen LogP contribution in [0.4, 0.5) is 0 Å². The lowest BCUT2D eigenvalue weighted by Gasteiger charge is -2.26. The lowest BCUT2D eigenvalue weighted by molar-refractivity contribution is -0.0312. The van der Waals surface area contributed by atoms with E-state index in [1.807, 2.05) is 0 Å². The van der Waals surface area contributed by atoms with Gasteiger partial charge in [0, 0.05) is 6.42 Å². The van der Waals surface area contributed by atoms with Crippen LogP contribution in [0.15, 0.2) is 24.5 Å². The fourth-order valence-corrected chi connectivity index (χ4v) is 2.52. The van der Waals surface area contributed by atoms with E-state index in [1.54, 1.807) is 0 Å². The first-order chi connectivity index (χ1) is 7.87. The number of fused-ring (bicyclic) bond motifs is 1. The maximum absolute atomic E-state index is 6.06. The molecule has 2 heteroatoms. The van der Waals surface area contributed by atoms with Crippen LogP contribution in [0.5, 0.6) is 0 Å². The Morgan fingerprint density at radius 3 is 2.65 bits per heavy atom. The Kier molecular flexibility index (Phi) is 3.35. The number of hydrogen-bond donors (Lipinski definition) is 0. The van der Waals surface area contributed by atoms with Crippen molar-refractivity contribution < 1.29 is 9.47 Å². The lowest BCUT2D eigenvalue weighted by Crippen LogP contribution is -2.29. The Morgan fingerprint density at radius 1 is 1.29 bits per heavy atom. The van der Waals surface area contributed by atoms with E-state index >= 15 is 0 Å². The van der Waals surface area contributed by atoms with Crippen molar-refractivity contribution in [1.29, 1.82) is 0 Å². The summed E-state index contributed by atoms with van der Waals surface area (Å²) in [6, 6.07) is 0. The van der Waals surface area contributed by atoms with Crippen molar-refractivity contribution in [3.8, 4) is 0 Å². The topological polar surface area (TPSA) is 18.5 Å². The summed E-state index contributed by atoms with van der Waals surface area (Å²) < 4.78 is 11.8. The van der Waals surface area contributed by atoms with Gasteiger partial charge in [-0.3, -0.25) is 0 Å². The van der Waals surface area contributed by atoms with Crippen LogP contribution < -0.4 is 0 Å². The summed E-state index contributed by atoms with van der Waals surface area (Å²) in [5.74, 6) is 0.882. The predicted molar refractivity (Wildman–Crippen MR) is 69.7 cm³/mol. The van der Waals surface area contributed by atoms with Crippen LogP contribution in [-0.2, 0) is 9.47 Å². The van der Waals surface area contributed by atoms with Crippen LogP contribution in [0, 0.1) is 5.41 Å². The van der Waals surface area contributed by atoms with Gasteiger partial charge in [-0.1, -0.05) is 33.9 Å². The molecule has 2 fully saturated rings. The molecule has 2 aliphatic heterocycles. The van der Waals surface area contributed by atoms with Crippen LogP contribution >= 0.6 is 0 Å². The van der Waals surface area contributed by atoms with Gasteiger partial charge in [-0.25, -0.2) is 0 Å². The summed E-state index contributed by atoms with van der Waals surface area (Å²) >= 11 is 0. The molecule has 0 radical (unpaired) electrons. The van der Waals surface area contributed by atoms with Gasteiger partial charge in [-0.2, -0.15) is 0 Å². The Hall–Kier alpha value is -0.760. The predicted octanol–water partition coefficient (Wildman–Crippen LogP) is 3.83. The second-order valence-corrected chi connectivity index (χ2v) is 6.45. The van der Waals surface area contributed by atoms with Crippen LogP contribution in [0.3, 0.4) is 0 Å². The maximum Gasteiger partial charge on any atom is 0.148 e. The standard InChI is InChI=1S/C15H24O2/c1-10-6-7-13-14(16-10)11(2)12(17-13)8-9-15(3,4)5/h12-14H,1-2,6-9H2,3-5H3/t12-,13?,14?/m0/s1. The normalized spacial score (nSPS) is 33.5. The van der Waals surface area contributed by atoms with E-state index in [2.05, 4.69) is 33.9 Å². The largest absolute Gasteiger partial charge is 0.488 e. The van der Waals surface area contributed by atoms with Crippen molar-refractivity contribution in [3.05, 3.63) is 24.5 Å². The summed E-state index contributed by atoms with van der Waals surface area (Å²) in [7, 11) is 0. The Labute approximate surface area is 105 Å². The molecule has 3 atom stereocenters. The summed E-state index contributed by atoms with van der Waals surface area (Å²) in [6.07, 6.45) is 4.58. The summed E-state index contributed by atoms with van der Waals surface area (Å²) in [5, 5.41) is 0. The highest BCUT2D eigenvalue weighted by Gasteiger charge is 2.42. The van der Waals surface area contributed by atoms with Gasteiger partial charge >= 0.3 is 0 Å². The average Bonchev–Trinajstić information content (AvgIpc) is 2.52. The van der Waals surface area contributed by atoms with Crippen molar-refractivity contribution in [3.63, 3.8) is 0 Å². The van der Waals surface area contributed by atoms with E-state index in [0.717, 1.165) is 37.0 Å². The molecule has 0 aromatic carbocycles. The number of ether oxygens (including phenoxy) is 2. The van der Waals surface area contributed by atoms with Gasteiger partial charge in [0.15, 0.2) is 0 Å². The van der Waals surface area contributed by atoms with E-state index in [0.29, 0.717) is 5.41 Å². The summed E-state index contributed by atoms with van der Waals surface area (Å²) in [4.78, 5) is 0. The third-order valence-electron chi connectivity index (χ3n) is 3.61. The third-order valence-corrected chi connectivity index (χ3v) is 3.61. The molecule has 0 N–H and O–H groups in total. The van der Waals surface area contributed by atoms with Gasteiger partial charge in [0.25, 0.3) is 0 Å². The van der Waals surface area contributed by atoms with Crippen molar-refractivity contribution >= 4 is 0 Å². The second kappa shape index (κ2) is 4.49. The van der Waals surface area contributed by atoms with E-state index in [4.69, 9.17) is 9.47 Å². The molecular weight excluding hydrogens is 212 g/mol. The fraction of sp³-hybridized carbons (Fsp3) is 0.733. The molecule has 0 aromatic heterocycles. The minimum absolute atomic E-state index is 0.0567. The van der Waals surface area contributed by atoms with Gasteiger partial charge in [0.2, 0.25) is 0 Å². The Morgan fingerprint density at radius 2 is 2.00 bits per heavy atom. The number of hydrogen-bond acceptors (Lipinski definition) is 2. The Balaban J connectivity index is 1.94. The molecule has 0 bridgehead atoms. The van der Waals surface area contributed by atoms with E-state index in [1.165, 1.54) is 0 Å². The molecule has 2 unspecified atom stereocenters. The monoisotopic (exact) mass is 236 g/mol. The minimum atomic E-state index is 0.0567. The number of rotatable bonds is 2. The fourth-order valence-electron chi connectivity index (χ4n) is 2.52. The van der Waals surface area contributed by atoms with Gasteiger partial charge in [-0.15, -0.1) is 0 Å². The highest BCUT2D eigenvalue weighted by Crippen LogP contribution is 2.39. The lowest BCUT2D eigenvalue weighted by atomic mass is 9.87. The molecule has 0 aliphatic carbocycles. The van der Waals surface area contributed by atoms with E-state index in [-0.39, 0.29) is 18.3 Å². The molecule has 0 saturated carbocycles. The van der Waals surface area contributed by atoms with Crippen molar-refractivity contribution in [2.45, 2.75) is 64.8 Å². The molecule has 2 rings (SSSR count). The molecule has 17 heavy (non-hydrogen) atoms. The van der Waals surface area contributed by atoms with Crippen LogP contribution in [-0.4, -0.2) is 18.3 Å². The van der Waals surface area contributed by atoms with Crippen molar-refractivity contribution in [2.75, 3.05) is 0 Å². The number of allylic oxidation sites excluding steroid dienone is 1. The highest BCUT2D eigenvalue weighted by atomic mass is 16.6. The van der Waals surface area contributed by atoms with Crippen molar-refractivity contribution in [2.24, 2.45) is 5.41 Å². The molecule has 96 valence electrons. The Bertz CT molecular complexity index is 324. The maximum atomic E-state index is 6.06. The summed E-state index contributed by atoms with van der Waals surface area (Å²) in [6.45, 7) is 14.8. The molecule has 0 spiro atoms. The average molecular weight is 236 g/mol. The first-order valence-corrected chi connectivity index (χ1v) is 6.55. The van der Waals surface area contributed by atoms with Gasteiger partial charge < -0.3 is 9.47 Å². The van der Waals surface area contributed by atoms with Crippen LogP contribution in [0.2, 0.25) is 0 Å². The summed E-state index contributed by atoms with van der Waals surface area (Å²) in [5.41, 5.74) is 1.46. The molecule has 2 saturated heterocycles. The smallest absolute Gasteiger partial charge is 0.148 e. The highest BCUT2D eigenvalue weighted by molar-refractivity contribution is 5.20. The minimum Gasteiger partial charge on any atom is -0.488 e. The quantitative estimate of drug-likeness (QED) is 0.678. The second-order valence-electron chi connectivity index (χ2n) is 6.45.